The average Bonchev–Trinajstić information content (AvgIpc) is 3.00. The summed E-state index contributed by atoms with van der Waals surface area (Å²) in [4.78, 5) is 12.5. The summed E-state index contributed by atoms with van der Waals surface area (Å²) in [7, 11) is 0. The van der Waals surface area contributed by atoms with Gasteiger partial charge in [0.15, 0.2) is 23.4 Å². The third kappa shape index (κ3) is 2.65. The van der Waals surface area contributed by atoms with Crippen molar-refractivity contribution >= 4 is 16.9 Å². The van der Waals surface area contributed by atoms with Crippen LogP contribution in [0.4, 0.5) is 0 Å². The quantitative estimate of drug-likeness (QED) is 0.730. The third-order valence-corrected chi connectivity index (χ3v) is 3.98. The summed E-state index contributed by atoms with van der Waals surface area (Å²) < 4.78 is 22.7. The van der Waals surface area contributed by atoms with Crippen molar-refractivity contribution in [1.29, 1.82) is 0 Å². The van der Waals surface area contributed by atoms with Gasteiger partial charge < -0.3 is 23.7 Å². The van der Waals surface area contributed by atoms with Crippen LogP contribution in [0.1, 0.15) is 29.1 Å². The van der Waals surface area contributed by atoms with Crippen LogP contribution in [-0.4, -0.2) is 24.3 Å². The number of aromatic hydroxyl groups is 1. The number of rotatable bonds is 3. The highest BCUT2D eigenvalue weighted by Crippen LogP contribution is 2.40. The van der Waals surface area contributed by atoms with Gasteiger partial charge in [0.05, 0.1) is 6.61 Å². The first-order chi connectivity index (χ1) is 12.2. The fraction of sp³-hybridized carbons (Fsp3) is 0.211. The molecule has 3 aromatic rings. The minimum absolute atomic E-state index is 0.0385. The molecule has 128 valence electrons. The van der Waals surface area contributed by atoms with Crippen molar-refractivity contribution in [1.82, 2.24) is 0 Å². The van der Waals surface area contributed by atoms with E-state index in [9.17, 15) is 9.90 Å². The number of ether oxygens (including phenoxy) is 3. The van der Waals surface area contributed by atoms with Gasteiger partial charge in [-0.15, -0.1) is 0 Å². The van der Waals surface area contributed by atoms with Gasteiger partial charge in [-0.05, 0) is 37.3 Å². The zero-order valence-electron chi connectivity index (χ0n) is 13.5. The molecule has 2 aromatic carbocycles. The smallest absolute Gasteiger partial charge is 0.342 e. The van der Waals surface area contributed by atoms with Crippen LogP contribution in [0.3, 0.4) is 0 Å². The van der Waals surface area contributed by atoms with Crippen molar-refractivity contribution in [2.24, 2.45) is 0 Å². The van der Waals surface area contributed by atoms with Crippen LogP contribution in [0.2, 0.25) is 0 Å². The summed E-state index contributed by atoms with van der Waals surface area (Å²) in [5.74, 6) is 1.07. The first kappa shape index (κ1) is 15.4. The molecule has 0 amide bonds. The van der Waals surface area contributed by atoms with Crippen LogP contribution in [0.15, 0.2) is 46.9 Å². The Balaban J connectivity index is 1.81. The molecule has 1 aliphatic heterocycles. The number of esters is 1. The van der Waals surface area contributed by atoms with E-state index in [1.165, 1.54) is 12.1 Å². The Hall–Kier alpha value is -3.15. The van der Waals surface area contributed by atoms with Crippen molar-refractivity contribution in [3.63, 3.8) is 0 Å². The highest BCUT2D eigenvalue weighted by molar-refractivity contribution is 6.05. The minimum atomic E-state index is -0.594. The predicted molar refractivity (Wildman–Crippen MR) is 89.1 cm³/mol. The second kappa shape index (κ2) is 6.05. The van der Waals surface area contributed by atoms with E-state index in [4.69, 9.17) is 18.6 Å². The molecule has 0 saturated heterocycles. The Morgan fingerprint density at radius 1 is 1.24 bits per heavy atom. The van der Waals surface area contributed by atoms with Gasteiger partial charge in [-0.3, -0.25) is 0 Å². The lowest BCUT2D eigenvalue weighted by Gasteiger charge is -2.25. The number of carbonyl (C=O) groups is 1. The van der Waals surface area contributed by atoms with Crippen LogP contribution < -0.4 is 9.47 Å². The Labute approximate surface area is 143 Å². The van der Waals surface area contributed by atoms with Crippen LogP contribution in [0.25, 0.3) is 11.0 Å². The average molecular weight is 340 g/mol. The topological polar surface area (TPSA) is 78.1 Å². The highest BCUT2D eigenvalue weighted by atomic mass is 16.6. The number of para-hydroxylation sites is 2. The molecule has 1 aliphatic rings. The van der Waals surface area contributed by atoms with E-state index < -0.39 is 12.1 Å². The molecule has 4 rings (SSSR count). The first-order valence-corrected chi connectivity index (χ1v) is 7.98. The maximum Gasteiger partial charge on any atom is 0.342 e. The SMILES string of the molecule is CCOC(=O)c1c(C2COc3ccccc3O2)oc2ccc(O)cc12. The van der Waals surface area contributed by atoms with Crippen molar-refractivity contribution < 1.29 is 28.5 Å². The van der Waals surface area contributed by atoms with Gasteiger partial charge in [-0.2, -0.15) is 0 Å². The Bertz CT molecular complexity index is 942. The number of hydrogen-bond acceptors (Lipinski definition) is 6. The number of phenolic OH excluding ortho intramolecular Hbond substituents is 1. The number of benzene rings is 2. The molecule has 0 fully saturated rings. The molecule has 0 saturated carbocycles. The van der Waals surface area contributed by atoms with Crippen LogP contribution in [-0.2, 0) is 4.74 Å². The zero-order valence-corrected chi connectivity index (χ0v) is 13.5. The fourth-order valence-electron chi connectivity index (χ4n) is 2.89. The molecule has 6 nitrogen and oxygen atoms in total. The molecule has 0 spiro atoms. The minimum Gasteiger partial charge on any atom is -0.508 e. The van der Waals surface area contributed by atoms with Crippen molar-refractivity contribution in [2.75, 3.05) is 13.2 Å². The van der Waals surface area contributed by atoms with Gasteiger partial charge >= 0.3 is 5.97 Å². The molecule has 6 heteroatoms. The molecule has 25 heavy (non-hydrogen) atoms. The van der Waals surface area contributed by atoms with Crippen molar-refractivity contribution in [3.8, 4) is 17.2 Å². The summed E-state index contributed by atoms with van der Waals surface area (Å²) in [6, 6.07) is 11.9. The molecule has 1 aromatic heterocycles. The van der Waals surface area contributed by atoms with Gasteiger partial charge in [0.1, 0.15) is 23.5 Å². The number of furan rings is 1. The van der Waals surface area contributed by atoms with Gasteiger partial charge in [-0.25, -0.2) is 4.79 Å². The molecule has 1 N–H and O–H groups in total. The van der Waals surface area contributed by atoms with E-state index in [2.05, 4.69) is 0 Å². The number of fused-ring (bicyclic) bond motifs is 2. The summed E-state index contributed by atoms with van der Waals surface area (Å²) in [6.45, 7) is 2.16. The summed E-state index contributed by atoms with van der Waals surface area (Å²) in [6.07, 6.45) is -0.594. The normalized spacial score (nSPS) is 16.0. The van der Waals surface area contributed by atoms with E-state index in [-0.39, 0.29) is 24.5 Å². The molecule has 0 radical (unpaired) electrons. The molecular weight excluding hydrogens is 324 g/mol. The van der Waals surface area contributed by atoms with E-state index >= 15 is 0 Å². The van der Waals surface area contributed by atoms with E-state index in [1.54, 1.807) is 19.1 Å². The second-order valence-electron chi connectivity index (χ2n) is 5.61. The highest BCUT2D eigenvalue weighted by Gasteiger charge is 2.32. The van der Waals surface area contributed by atoms with Gasteiger partial charge in [-0.1, -0.05) is 12.1 Å². The van der Waals surface area contributed by atoms with Gasteiger partial charge in [0, 0.05) is 5.39 Å². The number of carbonyl (C=O) groups excluding carboxylic acids is 1. The summed E-state index contributed by atoms with van der Waals surface area (Å²) in [5.41, 5.74) is 0.721. The molecule has 0 aliphatic carbocycles. The number of hydrogen-bond donors (Lipinski definition) is 1. The standard InChI is InChI=1S/C19H16O6/c1-2-22-19(21)17-12-9-11(20)7-8-13(12)25-18(17)16-10-23-14-5-3-4-6-15(14)24-16/h3-9,16,20H,2,10H2,1H3. The van der Waals surface area contributed by atoms with E-state index in [0.29, 0.717) is 28.2 Å². The molecule has 2 heterocycles. The van der Waals surface area contributed by atoms with Gasteiger partial charge in [0.2, 0.25) is 0 Å². The van der Waals surface area contributed by atoms with Crippen molar-refractivity contribution in [3.05, 3.63) is 53.8 Å². The second-order valence-corrected chi connectivity index (χ2v) is 5.61. The number of phenols is 1. The molecular formula is C19H16O6. The predicted octanol–water partition coefficient (Wildman–Crippen LogP) is 3.83. The first-order valence-electron chi connectivity index (χ1n) is 7.98. The van der Waals surface area contributed by atoms with Crippen LogP contribution in [0.5, 0.6) is 17.2 Å². The molecule has 1 atom stereocenters. The Kier molecular flexibility index (Phi) is 3.72. The lowest BCUT2D eigenvalue weighted by molar-refractivity contribution is 0.0497. The zero-order chi connectivity index (χ0) is 17.4. The Morgan fingerprint density at radius 3 is 2.84 bits per heavy atom. The summed E-state index contributed by atoms with van der Waals surface area (Å²) in [5, 5.41) is 10.2. The summed E-state index contributed by atoms with van der Waals surface area (Å²) >= 11 is 0. The Morgan fingerprint density at radius 2 is 2.04 bits per heavy atom. The van der Waals surface area contributed by atoms with Gasteiger partial charge in [0.25, 0.3) is 0 Å². The lowest BCUT2D eigenvalue weighted by atomic mass is 10.1. The van der Waals surface area contributed by atoms with Crippen LogP contribution in [0, 0.1) is 0 Å². The maximum absolute atomic E-state index is 12.5. The molecule has 1 unspecified atom stereocenters. The molecule has 0 bridgehead atoms. The third-order valence-electron chi connectivity index (χ3n) is 3.98. The monoisotopic (exact) mass is 340 g/mol. The van der Waals surface area contributed by atoms with E-state index in [0.717, 1.165) is 0 Å². The van der Waals surface area contributed by atoms with Crippen LogP contribution >= 0.6 is 0 Å². The van der Waals surface area contributed by atoms with Crippen molar-refractivity contribution in [2.45, 2.75) is 13.0 Å². The maximum atomic E-state index is 12.5. The largest absolute Gasteiger partial charge is 0.508 e. The van der Waals surface area contributed by atoms with E-state index in [1.807, 2.05) is 18.2 Å². The lowest BCUT2D eigenvalue weighted by Crippen LogP contribution is -2.23. The fourth-order valence-corrected chi connectivity index (χ4v) is 2.89.